The lowest BCUT2D eigenvalue weighted by Crippen LogP contribution is -2.32. The molecule has 1 heterocycles. The Morgan fingerprint density at radius 2 is 2.20 bits per heavy atom. The minimum absolute atomic E-state index is 0.433. The quantitative estimate of drug-likeness (QED) is 0.895. The molecular formula is C11H18BrN3. The highest BCUT2D eigenvalue weighted by molar-refractivity contribution is 9.10. The summed E-state index contributed by atoms with van der Waals surface area (Å²) < 4.78 is 1.00. The van der Waals surface area contributed by atoms with Crippen molar-refractivity contribution in [2.75, 3.05) is 6.54 Å². The van der Waals surface area contributed by atoms with Crippen molar-refractivity contribution in [1.82, 2.24) is 15.3 Å². The van der Waals surface area contributed by atoms with E-state index in [0.29, 0.717) is 12.0 Å². The van der Waals surface area contributed by atoms with Gasteiger partial charge in [0.15, 0.2) is 0 Å². The molecule has 0 aliphatic rings. The van der Waals surface area contributed by atoms with Gasteiger partial charge in [-0.2, -0.15) is 0 Å². The second-order valence-corrected chi connectivity index (χ2v) is 4.47. The molecule has 0 amide bonds. The van der Waals surface area contributed by atoms with Crippen LogP contribution in [-0.2, 0) is 0 Å². The van der Waals surface area contributed by atoms with Gasteiger partial charge in [-0.3, -0.25) is 0 Å². The molecule has 15 heavy (non-hydrogen) atoms. The van der Waals surface area contributed by atoms with E-state index in [1.54, 1.807) is 6.33 Å². The largest absolute Gasteiger partial charge is 0.314 e. The number of hydrogen-bond donors (Lipinski definition) is 1. The maximum Gasteiger partial charge on any atom is 0.115 e. The van der Waals surface area contributed by atoms with Crippen LogP contribution in [0.25, 0.3) is 0 Å². The van der Waals surface area contributed by atoms with Gasteiger partial charge in [-0.15, -0.1) is 0 Å². The van der Waals surface area contributed by atoms with E-state index >= 15 is 0 Å². The van der Waals surface area contributed by atoms with Crippen molar-refractivity contribution in [3.8, 4) is 0 Å². The van der Waals surface area contributed by atoms with Crippen LogP contribution in [0.4, 0.5) is 0 Å². The van der Waals surface area contributed by atoms with E-state index in [1.807, 2.05) is 6.20 Å². The molecule has 0 radical (unpaired) electrons. The lowest BCUT2D eigenvalue weighted by Gasteiger charge is -2.23. The van der Waals surface area contributed by atoms with Crippen molar-refractivity contribution in [2.45, 2.75) is 39.2 Å². The number of nitrogens with one attached hydrogen (secondary N) is 1. The van der Waals surface area contributed by atoms with Gasteiger partial charge in [0, 0.05) is 18.2 Å². The predicted octanol–water partition coefficient (Wildman–Crippen LogP) is 2.73. The minimum atomic E-state index is 0.433. The molecule has 0 aliphatic heterocycles. The number of aromatic nitrogens is 2. The predicted molar refractivity (Wildman–Crippen MR) is 65.9 cm³/mol. The Balaban J connectivity index is 2.87. The second-order valence-electron chi connectivity index (χ2n) is 3.62. The summed E-state index contributed by atoms with van der Waals surface area (Å²) in [5, 5.41) is 3.44. The first-order valence-corrected chi connectivity index (χ1v) is 6.18. The topological polar surface area (TPSA) is 37.8 Å². The summed E-state index contributed by atoms with van der Waals surface area (Å²) in [6.45, 7) is 7.50. The second kappa shape index (κ2) is 6.18. The summed E-state index contributed by atoms with van der Waals surface area (Å²) in [4.78, 5) is 8.34. The molecule has 84 valence electrons. The number of hydrogen-bond acceptors (Lipinski definition) is 3. The van der Waals surface area contributed by atoms with Gasteiger partial charge in [0.05, 0.1) is 10.2 Å². The van der Waals surface area contributed by atoms with Crippen LogP contribution in [0, 0.1) is 0 Å². The van der Waals surface area contributed by atoms with Gasteiger partial charge in [-0.1, -0.05) is 13.8 Å². The normalized spacial score (nSPS) is 14.9. The summed E-state index contributed by atoms with van der Waals surface area (Å²) in [6, 6.07) is 0.436. The van der Waals surface area contributed by atoms with E-state index in [4.69, 9.17) is 0 Å². The molecule has 4 heteroatoms. The maximum absolute atomic E-state index is 4.35. The molecule has 1 N–H and O–H groups in total. The first-order chi connectivity index (χ1) is 7.20. The van der Waals surface area contributed by atoms with Gasteiger partial charge in [0.25, 0.3) is 0 Å². The smallest absolute Gasteiger partial charge is 0.115 e. The van der Waals surface area contributed by atoms with Crippen molar-refractivity contribution >= 4 is 15.9 Å². The van der Waals surface area contributed by atoms with Crippen molar-refractivity contribution in [3.63, 3.8) is 0 Å². The highest BCUT2D eigenvalue weighted by Gasteiger charge is 2.20. The standard InChI is InChI=1S/C11H18BrN3/c1-4-9(8(3)14-5-2)11-10(12)6-13-7-15-11/h6-9,14H,4-5H2,1-3H3. The third kappa shape index (κ3) is 3.24. The third-order valence-electron chi connectivity index (χ3n) is 2.62. The van der Waals surface area contributed by atoms with Crippen LogP contribution in [0.15, 0.2) is 17.0 Å². The van der Waals surface area contributed by atoms with Gasteiger partial charge >= 0.3 is 0 Å². The van der Waals surface area contributed by atoms with Gasteiger partial charge in [0.1, 0.15) is 6.33 Å². The van der Waals surface area contributed by atoms with Crippen molar-refractivity contribution < 1.29 is 0 Å². The number of nitrogens with zero attached hydrogens (tertiary/aromatic N) is 2. The molecule has 1 aromatic rings. The van der Waals surface area contributed by atoms with Crippen LogP contribution >= 0.6 is 15.9 Å². The Kier molecular flexibility index (Phi) is 5.19. The van der Waals surface area contributed by atoms with Crippen LogP contribution in [0.2, 0.25) is 0 Å². The van der Waals surface area contributed by atoms with Crippen LogP contribution < -0.4 is 5.32 Å². The number of rotatable bonds is 5. The Bertz CT molecular complexity index is 304. The zero-order valence-electron chi connectivity index (χ0n) is 9.50. The van der Waals surface area contributed by atoms with E-state index in [1.165, 1.54) is 0 Å². The molecule has 2 unspecified atom stereocenters. The molecule has 0 aromatic carbocycles. The fourth-order valence-corrected chi connectivity index (χ4v) is 2.36. The van der Waals surface area contributed by atoms with Crippen LogP contribution in [-0.4, -0.2) is 22.6 Å². The Labute approximate surface area is 99.8 Å². The fourth-order valence-electron chi connectivity index (χ4n) is 1.84. The Hall–Kier alpha value is -0.480. The summed E-state index contributed by atoms with van der Waals surface area (Å²) in [5.74, 6) is 0.433. The minimum Gasteiger partial charge on any atom is -0.314 e. The maximum atomic E-state index is 4.35. The van der Waals surface area contributed by atoms with E-state index in [-0.39, 0.29) is 0 Å². The summed E-state index contributed by atoms with van der Waals surface area (Å²) >= 11 is 3.50. The number of halogens is 1. The average molecular weight is 272 g/mol. The summed E-state index contributed by atoms with van der Waals surface area (Å²) in [7, 11) is 0. The molecule has 0 saturated carbocycles. The van der Waals surface area contributed by atoms with E-state index < -0.39 is 0 Å². The zero-order valence-corrected chi connectivity index (χ0v) is 11.1. The van der Waals surface area contributed by atoms with Crippen molar-refractivity contribution in [3.05, 3.63) is 22.7 Å². The molecule has 0 fully saturated rings. The fraction of sp³-hybridized carbons (Fsp3) is 0.636. The van der Waals surface area contributed by atoms with E-state index in [2.05, 4.69) is 52.0 Å². The van der Waals surface area contributed by atoms with Gasteiger partial charge in [0.2, 0.25) is 0 Å². The zero-order chi connectivity index (χ0) is 11.3. The molecule has 1 aromatic heterocycles. The van der Waals surface area contributed by atoms with Gasteiger partial charge < -0.3 is 5.32 Å². The van der Waals surface area contributed by atoms with Crippen LogP contribution in [0.5, 0.6) is 0 Å². The third-order valence-corrected chi connectivity index (χ3v) is 3.23. The molecule has 0 saturated heterocycles. The van der Waals surface area contributed by atoms with E-state index in [0.717, 1.165) is 23.1 Å². The first kappa shape index (κ1) is 12.6. The number of likely N-dealkylation sites (N-methyl/N-ethyl adjacent to an activating group) is 1. The molecule has 3 nitrogen and oxygen atoms in total. The lowest BCUT2D eigenvalue weighted by molar-refractivity contribution is 0.451. The van der Waals surface area contributed by atoms with Crippen molar-refractivity contribution in [2.24, 2.45) is 0 Å². The summed E-state index contributed by atoms with van der Waals surface area (Å²) in [6.07, 6.45) is 4.49. The monoisotopic (exact) mass is 271 g/mol. The average Bonchev–Trinajstić information content (AvgIpc) is 2.22. The van der Waals surface area contributed by atoms with Crippen LogP contribution in [0.3, 0.4) is 0 Å². The highest BCUT2D eigenvalue weighted by Crippen LogP contribution is 2.27. The molecule has 1 rings (SSSR count). The lowest BCUT2D eigenvalue weighted by atomic mass is 9.94. The molecular weight excluding hydrogens is 254 g/mol. The Morgan fingerprint density at radius 1 is 1.47 bits per heavy atom. The molecule has 0 spiro atoms. The van der Waals surface area contributed by atoms with E-state index in [9.17, 15) is 0 Å². The molecule has 0 aliphatic carbocycles. The van der Waals surface area contributed by atoms with Crippen LogP contribution in [0.1, 0.15) is 38.8 Å². The first-order valence-electron chi connectivity index (χ1n) is 5.39. The van der Waals surface area contributed by atoms with Crippen molar-refractivity contribution in [1.29, 1.82) is 0 Å². The van der Waals surface area contributed by atoms with Gasteiger partial charge in [-0.05, 0) is 35.8 Å². The Morgan fingerprint density at radius 3 is 2.73 bits per heavy atom. The SMILES string of the molecule is CCNC(C)C(CC)c1ncncc1Br. The van der Waals surface area contributed by atoms with Gasteiger partial charge in [-0.25, -0.2) is 9.97 Å². The highest BCUT2D eigenvalue weighted by atomic mass is 79.9. The molecule has 0 bridgehead atoms. The molecule has 2 atom stereocenters. The summed E-state index contributed by atoms with van der Waals surface area (Å²) in [5.41, 5.74) is 1.10.